The third kappa shape index (κ3) is 4.26. The second-order valence-electron chi connectivity index (χ2n) is 7.72. The topological polar surface area (TPSA) is 75.2 Å². The molecule has 6 nitrogen and oxygen atoms in total. The van der Waals surface area contributed by atoms with Gasteiger partial charge in [0.1, 0.15) is 11.6 Å². The lowest BCUT2D eigenvalue weighted by molar-refractivity contribution is 0.579. The van der Waals surface area contributed by atoms with Crippen molar-refractivity contribution in [3.63, 3.8) is 0 Å². The molecule has 0 unspecified atom stereocenters. The van der Waals surface area contributed by atoms with E-state index < -0.39 is 10.0 Å². The van der Waals surface area contributed by atoms with Gasteiger partial charge in [-0.1, -0.05) is 38.1 Å². The molecule has 1 aromatic heterocycles. The van der Waals surface area contributed by atoms with Gasteiger partial charge in [-0.3, -0.25) is 0 Å². The molecular weight excluding hydrogens is 384 g/mol. The van der Waals surface area contributed by atoms with E-state index in [0.717, 1.165) is 48.2 Å². The Kier molecular flexibility index (Phi) is 5.52. The fourth-order valence-electron chi connectivity index (χ4n) is 3.63. The molecule has 0 radical (unpaired) electrons. The first kappa shape index (κ1) is 19.8. The van der Waals surface area contributed by atoms with E-state index in [1.807, 2.05) is 36.4 Å². The number of anilines is 1. The highest BCUT2D eigenvalue weighted by molar-refractivity contribution is 7.89. The third-order valence-corrected chi connectivity index (χ3v) is 6.73. The first-order valence-corrected chi connectivity index (χ1v) is 11.5. The lowest BCUT2D eigenvalue weighted by Gasteiger charge is -2.19. The molecular formula is C22H26N4O2S. The molecule has 152 valence electrons. The van der Waals surface area contributed by atoms with Crippen molar-refractivity contribution < 1.29 is 8.42 Å². The Hall–Kier alpha value is -2.51. The van der Waals surface area contributed by atoms with Gasteiger partial charge in [0, 0.05) is 18.5 Å². The van der Waals surface area contributed by atoms with Gasteiger partial charge in [-0.15, -0.1) is 0 Å². The SMILES string of the molecule is CC(C)c1ccc(S(=O)(=O)NCc2nc(N3CCCC3)c3ccccc3n2)cc1. The van der Waals surface area contributed by atoms with Crippen LogP contribution in [0, 0.1) is 0 Å². The van der Waals surface area contributed by atoms with Crippen LogP contribution in [0.5, 0.6) is 0 Å². The lowest BCUT2D eigenvalue weighted by Crippen LogP contribution is -2.26. The first-order chi connectivity index (χ1) is 13.9. The first-order valence-electron chi connectivity index (χ1n) is 10.0. The van der Waals surface area contributed by atoms with E-state index in [1.165, 1.54) is 0 Å². The molecule has 0 spiro atoms. The summed E-state index contributed by atoms with van der Waals surface area (Å²) >= 11 is 0. The number of benzene rings is 2. The average molecular weight is 411 g/mol. The minimum Gasteiger partial charge on any atom is -0.356 e. The number of para-hydroxylation sites is 1. The van der Waals surface area contributed by atoms with Crippen LogP contribution in [-0.4, -0.2) is 31.5 Å². The van der Waals surface area contributed by atoms with Crippen LogP contribution >= 0.6 is 0 Å². The molecule has 3 aromatic rings. The minimum absolute atomic E-state index is 0.0555. The summed E-state index contributed by atoms with van der Waals surface area (Å²) in [6.07, 6.45) is 2.29. The molecule has 1 aliphatic rings. The van der Waals surface area contributed by atoms with Crippen molar-refractivity contribution in [1.82, 2.24) is 14.7 Å². The smallest absolute Gasteiger partial charge is 0.240 e. The zero-order chi connectivity index (χ0) is 20.4. The summed E-state index contributed by atoms with van der Waals surface area (Å²) in [5.74, 6) is 1.73. The summed E-state index contributed by atoms with van der Waals surface area (Å²) in [5.41, 5.74) is 1.94. The van der Waals surface area contributed by atoms with Crippen molar-refractivity contribution in [3.8, 4) is 0 Å². The second-order valence-corrected chi connectivity index (χ2v) is 9.49. The Bertz CT molecular complexity index is 1110. The van der Waals surface area contributed by atoms with Gasteiger partial charge in [-0.2, -0.15) is 0 Å². The maximum atomic E-state index is 12.7. The van der Waals surface area contributed by atoms with Crippen LogP contribution in [0.1, 0.15) is 44.0 Å². The number of fused-ring (bicyclic) bond motifs is 1. The quantitative estimate of drug-likeness (QED) is 0.668. The minimum atomic E-state index is -3.63. The molecule has 2 aromatic carbocycles. The van der Waals surface area contributed by atoms with Crippen LogP contribution in [0.15, 0.2) is 53.4 Å². The van der Waals surface area contributed by atoms with E-state index in [-0.39, 0.29) is 11.4 Å². The average Bonchev–Trinajstić information content (AvgIpc) is 3.26. The highest BCUT2D eigenvalue weighted by atomic mass is 32.2. The van der Waals surface area contributed by atoms with Crippen molar-refractivity contribution >= 4 is 26.7 Å². The number of rotatable bonds is 6. The van der Waals surface area contributed by atoms with Crippen molar-refractivity contribution in [2.45, 2.75) is 44.0 Å². The molecule has 1 saturated heterocycles. The maximum absolute atomic E-state index is 12.7. The van der Waals surface area contributed by atoms with Crippen molar-refractivity contribution in [2.24, 2.45) is 0 Å². The normalized spacial score (nSPS) is 14.8. The second kappa shape index (κ2) is 8.08. The third-order valence-electron chi connectivity index (χ3n) is 5.31. The van der Waals surface area contributed by atoms with Gasteiger partial charge in [-0.05, 0) is 48.6 Å². The summed E-state index contributed by atoms with van der Waals surface area (Å²) in [4.78, 5) is 11.8. The summed E-state index contributed by atoms with van der Waals surface area (Å²) in [6.45, 7) is 6.15. The van der Waals surface area contributed by atoms with Gasteiger partial charge in [0.25, 0.3) is 0 Å². The van der Waals surface area contributed by atoms with Gasteiger partial charge < -0.3 is 4.90 Å². The van der Waals surface area contributed by atoms with Crippen LogP contribution in [0.4, 0.5) is 5.82 Å². The monoisotopic (exact) mass is 410 g/mol. The molecule has 7 heteroatoms. The van der Waals surface area contributed by atoms with Gasteiger partial charge in [0.2, 0.25) is 10.0 Å². The highest BCUT2D eigenvalue weighted by Crippen LogP contribution is 2.27. The standard InChI is InChI=1S/C22H26N4O2S/c1-16(2)17-9-11-18(12-10-17)29(27,28)23-15-21-24-20-8-4-3-7-19(20)22(25-21)26-13-5-6-14-26/h3-4,7-12,16,23H,5-6,13-15H2,1-2H3. The highest BCUT2D eigenvalue weighted by Gasteiger charge is 2.19. The summed E-state index contributed by atoms with van der Waals surface area (Å²) in [5, 5.41) is 1.00. The predicted octanol–water partition coefficient (Wildman–Crippen LogP) is 3.83. The van der Waals surface area contributed by atoms with Gasteiger partial charge in [0.15, 0.2) is 0 Å². The Labute approximate surface area is 172 Å². The maximum Gasteiger partial charge on any atom is 0.240 e. The zero-order valence-electron chi connectivity index (χ0n) is 16.8. The van der Waals surface area contributed by atoms with Crippen molar-refractivity contribution in [1.29, 1.82) is 0 Å². The summed E-state index contributed by atoms with van der Waals surface area (Å²) in [6, 6.07) is 14.9. The molecule has 29 heavy (non-hydrogen) atoms. The number of aromatic nitrogens is 2. The largest absolute Gasteiger partial charge is 0.356 e. The summed E-state index contributed by atoms with van der Waals surface area (Å²) in [7, 11) is -3.63. The fraction of sp³-hybridized carbons (Fsp3) is 0.364. The molecule has 2 heterocycles. The Balaban J connectivity index is 1.59. The van der Waals surface area contributed by atoms with E-state index in [2.05, 4.69) is 28.5 Å². The van der Waals surface area contributed by atoms with Gasteiger partial charge >= 0.3 is 0 Å². The summed E-state index contributed by atoms with van der Waals surface area (Å²) < 4.78 is 28.1. The molecule has 0 amide bonds. The fourth-order valence-corrected chi connectivity index (χ4v) is 4.61. The molecule has 1 fully saturated rings. The number of hydrogen-bond acceptors (Lipinski definition) is 5. The van der Waals surface area contributed by atoms with Crippen LogP contribution in [0.25, 0.3) is 10.9 Å². The number of hydrogen-bond donors (Lipinski definition) is 1. The van der Waals surface area contributed by atoms with Crippen LogP contribution in [0.2, 0.25) is 0 Å². The van der Waals surface area contributed by atoms with Gasteiger partial charge in [-0.25, -0.2) is 23.1 Å². The predicted molar refractivity (Wildman–Crippen MR) is 116 cm³/mol. The van der Waals surface area contributed by atoms with Crippen molar-refractivity contribution in [2.75, 3.05) is 18.0 Å². The van der Waals surface area contributed by atoms with E-state index in [4.69, 9.17) is 4.98 Å². The molecule has 4 rings (SSSR count). The van der Waals surface area contributed by atoms with E-state index >= 15 is 0 Å². The van der Waals surface area contributed by atoms with Crippen LogP contribution < -0.4 is 9.62 Å². The van der Waals surface area contributed by atoms with E-state index in [1.54, 1.807) is 12.1 Å². The van der Waals surface area contributed by atoms with E-state index in [0.29, 0.717) is 11.7 Å². The number of nitrogens with one attached hydrogen (secondary N) is 1. The molecule has 1 N–H and O–H groups in total. The molecule has 0 atom stereocenters. The van der Waals surface area contributed by atoms with Crippen molar-refractivity contribution in [3.05, 3.63) is 59.9 Å². The Morgan fingerprint density at radius 2 is 1.69 bits per heavy atom. The lowest BCUT2D eigenvalue weighted by atomic mass is 10.0. The Morgan fingerprint density at radius 3 is 2.38 bits per heavy atom. The molecule has 1 aliphatic heterocycles. The van der Waals surface area contributed by atoms with Crippen LogP contribution in [-0.2, 0) is 16.6 Å². The van der Waals surface area contributed by atoms with Gasteiger partial charge in [0.05, 0.1) is 17.0 Å². The number of sulfonamides is 1. The molecule has 0 saturated carbocycles. The molecule has 0 bridgehead atoms. The Morgan fingerprint density at radius 1 is 1.00 bits per heavy atom. The number of nitrogens with zero attached hydrogens (tertiary/aromatic N) is 3. The molecule has 0 aliphatic carbocycles. The van der Waals surface area contributed by atoms with Crippen LogP contribution in [0.3, 0.4) is 0 Å². The zero-order valence-corrected chi connectivity index (χ0v) is 17.6. The van der Waals surface area contributed by atoms with E-state index in [9.17, 15) is 8.42 Å².